The summed E-state index contributed by atoms with van der Waals surface area (Å²) in [6.07, 6.45) is 59.8. The number of ether oxygens (including phenoxy) is 6. The first kappa shape index (κ1) is 97.9. The second-order valence-corrected chi connectivity index (χ2v) is 31.3. The molecule has 19 heteroatoms. The van der Waals surface area contributed by atoms with Crippen molar-refractivity contribution in [3.8, 4) is 0 Å². The average Bonchev–Trinajstić information content (AvgIpc) is 0.781. The summed E-state index contributed by atoms with van der Waals surface area (Å²) >= 11 is 0. The van der Waals surface area contributed by atoms with Gasteiger partial charge in [-0.3, -0.25) is 4.79 Å². The van der Waals surface area contributed by atoms with Gasteiger partial charge in [-0.05, 0) is 70.6 Å². The lowest BCUT2D eigenvalue weighted by Gasteiger charge is -2.48. The van der Waals surface area contributed by atoms with Crippen molar-refractivity contribution in [3.63, 3.8) is 0 Å². The molecule has 0 spiro atoms. The summed E-state index contributed by atoms with van der Waals surface area (Å²) in [6.45, 7) is 1.77. The topological polar surface area (TPSA) is 307 Å². The molecule has 106 heavy (non-hydrogen) atoms. The maximum atomic E-state index is 13.5. The van der Waals surface area contributed by atoms with Crippen molar-refractivity contribution in [2.24, 2.45) is 0 Å². The monoisotopic (exact) mass is 1510 g/mol. The van der Waals surface area contributed by atoms with E-state index in [1.807, 2.05) is 6.08 Å². The van der Waals surface area contributed by atoms with Gasteiger partial charge in [0.1, 0.15) is 73.2 Å². The van der Waals surface area contributed by atoms with Crippen molar-refractivity contribution >= 4 is 5.91 Å². The third-order valence-corrected chi connectivity index (χ3v) is 21.8. The van der Waals surface area contributed by atoms with Gasteiger partial charge < -0.3 is 89.9 Å². The van der Waals surface area contributed by atoms with Crippen LogP contribution < -0.4 is 5.32 Å². The Morgan fingerprint density at radius 2 is 0.604 bits per heavy atom. The minimum absolute atomic E-state index is 0.234. The lowest BCUT2D eigenvalue weighted by Crippen LogP contribution is -2.66. The molecule has 3 fully saturated rings. The zero-order chi connectivity index (χ0) is 76.7. The molecule has 19 nitrogen and oxygen atoms in total. The van der Waals surface area contributed by atoms with Gasteiger partial charge in [-0.2, -0.15) is 0 Å². The van der Waals surface area contributed by atoms with Gasteiger partial charge in [-0.25, -0.2) is 0 Å². The average molecular weight is 1510 g/mol. The van der Waals surface area contributed by atoms with Crippen LogP contribution in [-0.4, -0.2) is 193 Å². The van der Waals surface area contributed by atoms with E-state index in [9.17, 15) is 61.0 Å². The predicted octanol–water partition coefficient (Wildman–Crippen LogP) is 16.0. The van der Waals surface area contributed by atoms with E-state index in [-0.39, 0.29) is 18.9 Å². The molecule has 17 unspecified atom stereocenters. The van der Waals surface area contributed by atoms with Crippen molar-refractivity contribution in [3.05, 3.63) is 48.6 Å². The van der Waals surface area contributed by atoms with E-state index in [1.165, 1.54) is 289 Å². The number of hydrogen-bond donors (Lipinski definition) is 12. The van der Waals surface area contributed by atoms with Crippen LogP contribution in [0.1, 0.15) is 367 Å². The minimum atomic E-state index is -1.98. The van der Waals surface area contributed by atoms with E-state index < -0.39 is 124 Å². The zero-order valence-electron chi connectivity index (χ0n) is 66.9. The van der Waals surface area contributed by atoms with Crippen LogP contribution in [-0.2, 0) is 33.2 Å². The Morgan fingerprint density at radius 3 is 0.943 bits per heavy atom. The second kappa shape index (κ2) is 67.3. The minimum Gasteiger partial charge on any atom is -0.394 e. The van der Waals surface area contributed by atoms with Crippen LogP contribution in [0.5, 0.6) is 0 Å². The largest absolute Gasteiger partial charge is 0.394 e. The van der Waals surface area contributed by atoms with Crippen molar-refractivity contribution in [2.75, 3.05) is 26.4 Å². The van der Waals surface area contributed by atoms with E-state index >= 15 is 0 Å². The molecule has 3 heterocycles. The molecule has 0 bridgehead atoms. The maximum absolute atomic E-state index is 13.5. The van der Waals surface area contributed by atoms with Crippen LogP contribution in [0.3, 0.4) is 0 Å². The van der Waals surface area contributed by atoms with E-state index in [0.717, 1.165) is 44.9 Å². The van der Waals surface area contributed by atoms with Gasteiger partial charge in [-0.15, -0.1) is 0 Å². The summed E-state index contributed by atoms with van der Waals surface area (Å²) in [5, 5.41) is 121. The fourth-order valence-electron chi connectivity index (χ4n) is 14.8. The fraction of sp³-hybridized carbons (Fsp3) is 0.897. The lowest BCUT2D eigenvalue weighted by atomic mass is 9.96. The van der Waals surface area contributed by atoms with Gasteiger partial charge >= 0.3 is 0 Å². The number of amides is 1. The first-order valence-electron chi connectivity index (χ1n) is 43.9. The molecular weight excluding hydrogens is 1350 g/mol. The molecule has 0 aromatic rings. The number of aliphatic hydroxyl groups excluding tert-OH is 11. The molecule has 3 aliphatic heterocycles. The van der Waals surface area contributed by atoms with Crippen molar-refractivity contribution in [1.82, 2.24) is 5.32 Å². The summed E-state index contributed by atoms with van der Waals surface area (Å²) in [5.74, 6) is -0.283. The van der Waals surface area contributed by atoms with Crippen LogP contribution in [0, 0.1) is 0 Å². The summed E-state index contributed by atoms with van der Waals surface area (Å²) < 4.78 is 34.5. The number of carbonyl (C=O) groups excluding carboxylic acids is 1. The zero-order valence-corrected chi connectivity index (χ0v) is 66.9. The Kier molecular flexibility index (Phi) is 62.2. The summed E-state index contributed by atoms with van der Waals surface area (Å²) in [5.41, 5.74) is 0. The second-order valence-electron chi connectivity index (χ2n) is 31.3. The van der Waals surface area contributed by atoms with Crippen LogP contribution >= 0.6 is 0 Å². The van der Waals surface area contributed by atoms with Gasteiger partial charge in [0, 0.05) is 6.42 Å². The third-order valence-electron chi connectivity index (χ3n) is 21.8. The Morgan fingerprint density at radius 1 is 0.330 bits per heavy atom. The lowest BCUT2D eigenvalue weighted by molar-refractivity contribution is -0.379. The van der Waals surface area contributed by atoms with Crippen molar-refractivity contribution < 1.29 is 89.4 Å². The highest BCUT2D eigenvalue weighted by atomic mass is 16.8. The van der Waals surface area contributed by atoms with Crippen LogP contribution in [0.15, 0.2) is 48.6 Å². The molecule has 0 radical (unpaired) electrons. The Hall–Kier alpha value is -2.25. The fourth-order valence-corrected chi connectivity index (χ4v) is 14.8. The van der Waals surface area contributed by atoms with Gasteiger partial charge in [0.15, 0.2) is 18.9 Å². The summed E-state index contributed by atoms with van der Waals surface area (Å²) in [7, 11) is 0. The SMILES string of the molecule is CCCCCCCCCC/C=C\CCCCCCCCCCCCCCCCCCCC(=O)NC(COC1OC(CO)C(OC2OC(CO)C(OC3OC(CO)C(O)C(O)C3O)C(O)C2O)C(O)C1O)C(O)/C=C/CC/C=C/CC/C=C/CCCCCCCCCCCCCCCCCCCCCCCC. The van der Waals surface area contributed by atoms with E-state index in [1.54, 1.807) is 6.08 Å². The molecule has 17 atom stereocenters. The predicted molar refractivity (Wildman–Crippen MR) is 425 cm³/mol. The molecule has 0 saturated carbocycles. The van der Waals surface area contributed by atoms with E-state index in [0.29, 0.717) is 12.8 Å². The van der Waals surface area contributed by atoms with Crippen molar-refractivity contribution in [2.45, 2.75) is 471 Å². The molecule has 0 aliphatic carbocycles. The maximum Gasteiger partial charge on any atom is 0.220 e. The first-order chi connectivity index (χ1) is 51.8. The van der Waals surface area contributed by atoms with Crippen LogP contribution in [0.2, 0.25) is 0 Å². The standard InChI is InChI=1S/C87H161NO18/c1-3-5-7-9-11-13-15-17-19-21-23-25-27-29-31-33-34-35-37-38-40-42-44-46-48-50-52-54-56-58-60-62-64-71(92)70(88-75(93)65-63-61-59-57-55-53-51-49-47-45-43-41-39-36-32-30-28-26-24-22-20-18-16-14-12-10-8-6-4-2)69-101-85-81(99)78(96)83(73(67-90)103-85)106-87-82(100)79(97)84(74(68-91)104-87)105-86-80(98)77(95)76(94)72(66-89)102-86/h22,24,46,48,54,56,62,64,70-74,76-87,89-92,94-100H,3-21,23,25-45,47,49-53,55,57-61,63,65-69H2,1-2H3,(H,88,93)/b24-22-,48-46+,56-54+,64-62+. The van der Waals surface area contributed by atoms with E-state index in [2.05, 4.69) is 55.6 Å². The molecule has 0 aromatic heterocycles. The highest BCUT2D eigenvalue weighted by molar-refractivity contribution is 5.76. The first-order valence-corrected chi connectivity index (χ1v) is 43.9. The quantitative estimate of drug-likeness (QED) is 0.0199. The third kappa shape index (κ3) is 46.1. The number of rotatable bonds is 71. The molecule has 1 amide bonds. The molecule has 0 aromatic carbocycles. The smallest absolute Gasteiger partial charge is 0.220 e. The number of carbonyl (C=O) groups is 1. The highest BCUT2D eigenvalue weighted by Gasteiger charge is 2.54. The summed E-state index contributed by atoms with van der Waals surface area (Å²) in [4.78, 5) is 13.5. The Labute approximate surface area is 643 Å². The Bertz CT molecular complexity index is 2100. The number of aliphatic hydroxyl groups is 11. The number of unbranched alkanes of at least 4 members (excludes halogenated alkanes) is 49. The molecule has 3 saturated heterocycles. The highest BCUT2D eigenvalue weighted by Crippen LogP contribution is 2.33. The Balaban J connectivity index is 1.36. The number of hydrogen-bond acceptors (Lipinski definition) is 18. The van der Waals surface area contributed by atoms with Gasteiger partial charge in [0.25, 0.3) is 0 Å². The van der Waals surface area contributed by atoms with E-state index in [4.69, 9.17) is 28.4 Å². The van der Waals surface area contributed by atoms with Crippen molar-refractivity contribution in [1.29, 1.82) is 0 Å². The molecule has 622 valence electrons. The van der Waals surface area contributed by atoms with Gasteiger partial charge in [-0.1, -0.05) is 339 Å². The van der Waals surface area contributed by atoms with Gasteiger partial charge in [0.05, 0.1) is 38.6 Å². The van der Waals surface area contributed by atoms with Crippen LogP contribution in [0.4, 0.5) is 0 Å². The summed E-state index contributed by atoms with van der Waals surface area (Å²) in [6, 6.07) is -0.999. The molecule has 3 aliphatic rings. The number of nitrogens with one attached hydrogen (secondary N) is 1. The molecule has 3 rings (SSSR count). The molecule has 12 N–H and O–H groups in total. The number of allylic oxidation sites excluding steroid dienone is 7. The van der Waals surface area contributed by atoms with Gasteiger partial charge in [0.2, 0.25) is 5.91 Å². The van der Waals surface area contributed by atoms with Crippen LogP contribution in [0.25, 0.3) is 0 Å². The normalized spacial score (nSPS) is 25.8. The molecular formula is C87H161NO18.